The summed E-state index contributed by atoms with van der Waals surface area (Å²) in [5, 5.41) is 55.9. The van der Waals surface area contributed by atoms with E-state index in [9.17, 15) is 20.4 Å². The zero-order valence-electron chi connectivity index (χ0n) is 9.90. The number of nitrogens with two attached hydrogens (primary N) is 1. The molecule has 7 heteroatoms. The van der Waals surface area contributed by atoms with E-state index in [4.69, 9.17) is 15.9 Å². The maximum atomic E-state index is 9.70. The standard InChI is InChI=1S/C10H23NO6/c1-2-3-4-10(11,17)9(16)8(15)7(14)6(13)5-12/h6-9,12-17H,2-5,11H2,1H3. The molecule has 5 unspecified atom stereocenters. The molecule has 0 aliphatic rings. The lowest BCUT2D eigenvalue weighted by Crippen LogP contribution is -2.60. The molecule has 0 rings (SSSR count). The summed E-state index contributed by atoms with van der Waals surface area (Å²) in [4.78, 5) is 0. The van der Waals surface area contributed by atoms with Crippen LogP contribution in [0.4, 0.5) is 0 Å². The van der Waals surface area contributed by atoms with Gasteiger partial charge in [-0.25, -0.2) is 0 Å². The van der Waals surface area contributed by atoms with Crippen molar-refractivity contribution in [3.8, 4) is 0 Å². The van der Waals surface area contributed by atoms with Crippen LogP contribution in [0.25, 0.3) is 0 Å². The molecule has 0 aromatic carbocycles. The van der Waals surface area contributed by atoms with Gasteiger partial charge in [0.25, 0.3) is 0 Å². The van der Waals surface area contributed by atoms with Crippen molar-refractivity contribution >= 4 is 0 Å². The fraction of sp³-hybridized carbons (Fsp3) is 1.00. The predicted octanol–water partition coefficient (Wildman–Crippen LogP) is -2.74. The van der Waals surface area contributed by atoms with Crippen LogP contribution in [0.15, 0.2) is 0 Å². The third-order valence-electron chi connectivity index (χ3n) is 2.70. The minimum atomic E-state index is -2.05. The Bertz CT molecular complexity index is 213. The maximum Gasteiger partial charge on any atom is 0.142 e. The number of aliphatic hydroxyl groups is 6. The summed E-state index contributed by atoms with van der Waals surface area (Å²) in [7, 11) is 0. The van der Waals surface area contributed by atoms with Crippen LogP contribution >= 0.6 is 0 Å². The van der Waals surface area contributed by atoms with Gasteiger partial charge in [-0.3, -0.25) is 0 Å². The van der Waals surface area contributed by atoms with Crippen LogP contribution in [0.5, 0.6) is 0 Å². The van der Waals surface area contributed by atoms with Crippen molar-refractivity contribution in [1.82, 2.24) is 0 Å². The highest BCUT2D eigenvalue weighted by molar-refractivity contribution is 4.90. The van der Waals surface area contributed by atoms with Crippen LogP contribution in [0.2, 0.25) is 0 Å². The molecule has 5 atom stereocenters. The zero-order chi connectivity index (χ0) is 13.6. The van der Waals surface area contributed by atoms with Crippen LogP contribution in [0.1, 0.15) is 26.2 Å². The molecule has 0 spiro atoms. The maximum absolute atomic E-state index is 9.70. The van der Waals surface area contributed by atoms with E-state index in [-0.39, 0.29) is 6.42 Å². The third kappa shape index (κ3) is 4.84. The van der Waals surface area contributed by atoms with E-state index in [0.717, 1.165) is 6.42 Å². The Labute approximate surface area is 100 Å². The lowest BCUT2D eigenvalue weighted by molar-refractivity contribution is -0.173. The summed E-state index contributed by atoms with van der Waals surface area (Å²) in [5.41, 5.74) is 3.37. The van der Waals surface area contributed by atoms with Gasteiger partial charge in [-0.2, -0.15) is 0 Å². The highest BCUT2D eigenvalue weighted by atomic mass is 16.4. The van der Waals surface area contributed by atoms with E-state index >= 15 is 0 Å². The SMILES string of the molecule is CCCCC(N)(O)C(O)C(O)C(O)C(O)CO. The first kappa shape index (κ1) is 16.7. The summed E-state index contributed by atoms with van der Waals surface area (Å²) in [6.07, 6.45) is -5.73. The smallest absolute Gasteiger partial charge is 0.142 e. The average Bonchev–Trinajstić information content (AvgIpc) is 2.32. The number of hydrogen-bond donors (Lipinski definition) is 7. The molecule has 0 bridgehead atoms. The molecule has 0 aliphatic carbocycles. The Kier molecular flexibility index (Phi) is 7.10. The second kappa shape index (κ2) is 7.22. The van der Waals surface area contributed by atoms with Gasteiger partial charge >= 0.3 is 0 Å². The Morgan fingerprint density at radius 2 is 1.65 bits per heavy atom. The van der Waals surface area contributed by atoms with E-state index < -0.39 is 36.7 Å². The Hall–Kier alpha value is -0.280. The lowest BCUT2D eigenvalue weighted by atomic mass is 9.92. The van der Waals surface area contributed by atoms with Gasteiger partial charge in [0.1, 0.15) is 30.1 Å². The lowest BCUT2D eigenvalue weighted by Gasteiger charge is -2.34. The number of aliphatic hydroxyl groups excluding tert-OH is 5. The number of hydrogen-bond acceptors (Lipinski definition) is 7. The summed E-state index contributed by atoms with van der Waals surface area (Å²) in [6, 6.07) is 0. The zero-order valence-corrected chi connectivity index (χ0v) is 9.90. The topological polar surface area (TPSA) is 147 Å². The molecule has 0 aliphatic heterocycles. The van der Waals surface area contributed by atoms with Crippen LogP contribution in [-0.4, -0.2) is 67.4 Å². The molecule has 0 saturated carbocycles. The fourth-order valence-electron chi connectivity index (χ4n) is 1.43. The van der Waals surface area contributed by atoms with E-state index in [1.807, 2.05) is 6.92 Å². The Morgan fingerprint density at radius 3 is 2.06 bits per heavy atom. The van der Waals surface area contributed by atoms with Crippen molar-refractivity contribution in [2.45, 2.75) is 56.3 Å². The molecule has 0 amide bonds. The van der Waals surface area contributed by atoms with E-state index in [0.29, 0.717) is 6.42 Å². The number of unbranched alkanes of at least 4 members (excludes halogenated alkanes) is 1. The van der Waals surface area contributed by atoms with Crippen LogP contribution in [0, 0.1) is 0 Å². The largest absolute Gasteiger partial charge is 0.394 e. The highest BCUT2D eigenvalue weighted by Crippen LogP contribution is 2.18. The van der Waals surface area contributed by atoms with Crippen molar-refractivity contribution in [3.05, 3.63) is 0 Å². The van der Waals surface area contributed by atoms with Crippen molar-refractivity contribution < 1.29 is 30.6 Å². The predicted molar refractivity (Wildman–Crippen MR) is 59.8 cm³/mol. The quantitative estimate of drug-likeness (QED) is 0.232. The molecule has 0 aromatic rings. The Morgan fingerprint density at radius 1 is 1.12 bits per heavy atom. The summed E-state index contributed by atoms with van der Waals surface area (Å²) in [6.45, 7) is 1.09. The number of rotatable bonds is 8. The third-order valence-corrected chi connectivity index (χ3v) is 2.70. The highest BCUT2D eigenvalue weighted by Gasteiger charge is 2.40. The molecule has 7 nitrogen and oxygen atoms in total. The molecule has 0 saturated heterocycles. The van der Waals surface area contributed by atoms with Gasteiger partial charge in [0.2, 0.25) is 0 Å². The van der Waals surface area contributed by atoms with Gasteiger partial charge in [0.15, 0.2) is 0 Å². The van der Waals surface area contributed by atoms with Crippen molar-refractivity contribution in [3.63, 3.8) is 0 Å². The molecular formula is C10H23NO6. The summed E-state index contributed by atoms with van der Waals surface area (Å²) < 4.78 is 0. The first-order chi connectivity index (χ1) is 7.77. The average molecular weight is 253 g/mol. The van der Waals surface area contributed by atoms with Gasteiger partial charge in [0.05, 0.1) is 6.61 Å². The van der Waals surface area contributed by atoms with Crippen molar-refractivity contribution in [1.29, 1.82) is 0 Å². The molecule has 0 fully saturated rings. The van der Waals surface area contributed by atoms with E-state index in [2.05, 4.69) is 0 Å². The molecule has 0 aromatic heterocycles. The van der Waals surface area contributed by atoms with Crippen molar-refractivity contribution in [2.75, 3.05) is 6.61 Å². The van der Waals surface area contributed by atoms with E-state index in [1.54, 1.807) is 0 Å². The first-order valence-corrected chi connectivity index (χ1v) is 5.62. The second-order valence-electron chi connectivity index (χ2n) is 4.27. The second-order valence-corrected chi connectivity index (χ2v) is 4.27. The van der Waals surface area contributed by atoms with Gasteiger partial charge < -0.3 is 36.4 Å². The molecule has 17 heavy (non-hydrogen) atoms. The van der Waals surface area contributed by atoms with Gasteiger partial charge in [-0.1, -0.05) is 13.3 Å². The normalized spacial score (nSPS) is 22.6. The molecule has 8 N–H and O–H groups in total. The van der Waals surface area contributed by atoms with Crippen molar-refractivity contribution in [2.24, 2.45) is 5.73 Å². The fourth-order valence-corrected chi connectivity index (χ4v) is 1.43. The van der Waals surface area contributed by atoms with Gasteiger partial charge in [-0.15, -0.1) is 0 Å². The molecule has 104 valence electrons. The molecular weight excluding hydrogens is 230 g/mol. The minimum Gasteiger partial charge on any atom is -0.394 e. The molecule has 0 heterocycles. The van der Waals surface area contributed by atoms with Crippen LogP contribution < -0.4 is 5.73 Å². The van der Waals surface area contributed by atoms with Crippen LogP contribution in [-0.2, 0) is 0 Å². The van der Waals surface area contributed by atoms with Gasteiger partial charge in [0, 0.05) is 0 Å². The Balaban J connectivity index is 4.50. The van der Waals surface area contributed by atoms with Crippen LogP contribution in [0.3, 0.4) is 0 Å². The first-order valence-electron chi connectivity index (χ1n) is 5.62. The summed E-state index contributed by atoms with van der Waals surface area (Å²) >= 11 is 0. The summed E-state index contributed by atoms with van der Waals surface area (Å²) in [5.74, 6) is 0. The minimum absolute atomic E-state index is 0.0453. The van der Waals surface area contributed by atoms with Gasteiger partial charge in [-0.05, 0) is 12.8 Å². The van der Waals surface area contributed by atoms with E-state index in [1.165, 1.54) is 0 Å². The monoisotopic (exact) mass is 253 g/mol. The molecule has 0 radical (unpaired) electrons.